The van der Waals surface area contributed by atoms with Crippen molar-refractivity contribution >= 4 is 29.0 Å². The summed E-state index contributed by atoms with van der Waals surface area (Å²) >= 11 is 5.51. The number of ether oxygens (including phenoxy) is 1. The smallest absolute Gasteiger partial charge is 0.309 e. The Morgan fingerprint density at radius 2 is 1.92 bits per heavy atom. The van der Waals surface area contributed by atoms with Crippen LogP contribution in [0.25, 0.3) is 0 Å². The van der Waals surface area contributed by atoms with E-state index in [0.29, 0.717) is 6.61 Å². The Bertz CT molecular complexity index is 537. The fraction of sp³-hybridized carbons (Fsp3) is 0.579. The predicted octanol–water partition coefficient (Wildman–Crippen LogP) is 4.00. The first kappa shape index (κ1) is 18.7. The van der Waals surface area contributed by atoms with Gasteiger partial charge in [0.25, 0.3) is 0 Å². The number of piperidine rings is 1. The van der Waals surface area contributed by atoms with Crippen LogP contribution >= 0.6 is 12.2 Å². The van der Waals surface area contributed by atoms with Crippen LogP contribution in [-0.4, -0.2) is 35.7 Å². The second-order valence-corrected chi connectivity index (χ2v) is 6.63. The monoisotopic (exact) mass is 348 g/mol. The minimum Gasteiger partial charge on any atom is -0.466 e. The van der Waals surface area contributed by atoms with E-state index in [1.54, 1.807) is 0 Å². The Kier molecular flexibility index (Phi) is 7.50. The zero-order valence-electron chi connectivity index (χ0n) is 14.7. The summed E-state index contributed by atoms with van der Waals surface area (Å²) in [7, 11) is 0. The number of aryl methyl sites for hydroxylation is 1. The summed E-state index contributed by atoms with van der Waals surface area (Å²) in [4.78, 5) is 13.9. The molecule has 132 valence electrons. The molecule has 5 heteroatoms. The van der Waals surface area contributed by atoms with Crippen LogP contribution in [0.15, 0.2) is 24.3 Å². The molecular weight excluding hydrogens is 320 g/mol. The average Bonchev–Trinajstić information content (AvgIpc) is 2.61. The van der Waals surface area contributed by atoms with Crippen molar-refractivity contribution in [3.63, 3.8) is 0 Å². The number of anilines is 1. The van der Waals surface area contributed by atoms with Crippen molar-refractivity contribution in [2.45, 2.75) is 46.0 Å². The fourth-order valence-electron chi connectivity index (χ4n) is 2.92. The third kappa shape index (κ3) is 5.48. The van der Waals surface area contributed by atoms with E-state index in [-0.39, 0.29) is 11.9 Å². The molecule has 1 aliphatic rings. The molecule has 0 unspecified atom stereocenters. The Morgan fingerprint density at radius 3 is 2.50 bits per heavy atom. The van der Waals surface area contributed by atoms with Crippen LogP contribution in [0.5, 0.6) is 0 Å². The van der Waals surface area contributed by atoms with E-state index in [1.807, 2.05) is 6.92 Å². The first-order valence-corrected chi connectivity index (χ1v) is 9.36. The Labute approximate surface area is 150 Å². The van der Waals surface area contributed by atoms with E-state index in [0.717, 1.165) is 43.2 Å². The molecule has 1 aliphatic heterocycles. The van der Waals surface area contributed by atoms with Gasteiger partial charge in [0.1, 0.15) is 0 Å². The molecule has 2 rings (SSSR count). The molecule has 0 saturated carbocycles. The van der Waals surface area contributed by atoms with Gasteiger partial charge in [0.15, 0.2) is 5.11 Å². The molecule has 0 radical (unpaired) electrons. The molecule has 0 atom stereocenters. The Balaban J connectivity index is 1.80. The van der Waals surface area contributed by atoms with Crippen LogP contribution < -0.4 is 5.32 Å². The first-order valence-electron chi connectivity index (χ1n) is 8.95. The molecule has 0 amide bonds. The summed E-state index contributed by atoms with van der Waals surface area (Å²) in [5.74, 6) is -0.0551. The minimum absolute atomic E-state index is 0.0156. The minimum atomic E-state index is -0.0707. The van der Waals surface area contributed by atoms with Gasteiger partial charge in [0, 0.05) is 18.8 Å². The van der Waals surface area contributed by atoms with E-state index in [1.165, 1.54) is 18.4 Å². The molecule has 4 nitrogen and oxygen atoms in total. The molecule has 1 fully saturated rings. The van der Waals surface area contributed by atoms with Crippen LogP contribution in [0, 0.1) is 5.92 Å². The van der Waals surface area contributed by atoms with Crippen LogP contribution in [0.1, 0.15) is 45.1 Å². The highest BCUT2D eigenvalue weighted by molar-refractivity contribution is 7.80. The summed E-state index contributed by atoms with van der Waals surface area (Å²) in [6, 6.07) is 8.49. The zero-order valence-corrected chi connectivity index (χ0v) is 15.5. The number of benzene rings is 1. The Hall–Kier alpha value is -1.62. The largest absolute Gasteiger partial charge is 0.466 e. The SMILES string of the molecule is CCCCc1ccc(NC(=S)N2CCC(C(=O)OCC)CC2)cc1. The summed E-state index contributed by atoms with van der Waals surface area (Å²) in [6.07, 6.45) is 5.17. The maximum absolute atomic E-state index is 11.8. The van der Waals surface area contributed by atoms with E-state index in [4.69, 9.17) is 17.0 Å². The number of nitrogens with zero attached hydrogens (tertiary/aromatic N) is 1. The number of likely N-dealkylation sites (tertiary alicyclic amines) is 1. The van der Waals surface area contributed by atoms with E-state index in [9.17, 15) is 4.79 Å². The summed E-state index contributed by atoms with van der Waals surface area (Å²) in [6.45, 7) is 6.10. The number of rotatable bonds is 6. The van der Waals surface area contributed by atoms with Gasteiger partial charge in [0.2, 0.25) is 0 Å². The van der Waals surface area contributed by atoms with Gasteiger partial charge < -0.3 is 15.0 Å². The number of hydrogen-bond acceptors (Lipinski definition) is 3. The van der Waals surface area contributed by atoms with Gasteiger partial charge in [-0.2, -0.15) is 0 Å². The number of esters is 1. The van der Waals surface area contributed by atoms with Gasteiger partial charge in [0.05, 0.1) is 12.5 Å². The van der Waals surface area contributed by atoms with Crippen molar-refractivity contribution in [3.8, 4) is 0 Å². The number of thiocarbonyl (C=S) groups is 1. The molecule has 0 aliphatic carbocycles. The van der Waals surface area contributed by atoms with Crippen LogP contribution in [0.3, 0.4) is 0 Å². The zero-order chi connectivity index (χ0) is 17.4. The van der Waals surface area contributed by atoms with Crippen LogP contribution in [0.2, 0.25) is 0 Å². The topological polar surface area (TPSA) is 41.6 Å². The Morgan fingerprint density at radius 1 is 1.25 bits per heavy atom. The standard InChI is InChI=1S/C19H28N2O2S/c1-3-5-6-15-7-9-17(10-8-15)20-19(24)21-13-11-16(12-14-21)18(22)23-4-2/h7-10,16H,3-6,11-14H2,1-2H3,(H,20,24). The van der Waals surface area contributed by atoms with Crippen molar-refractivity contribution in [2.24, 2.45) is 5.92 Å². The van der Waals surface area contributed by atoms with Gasteiger partial charge in [-0.25, -0.2) is 0 Å². The lowest BCUT2D eigenvalue weighted by Crippen LogP contribution is -2.42. The third-order valence-corrected chi connectivity index (χ3v) is 4.79. The van der Waals surface area contributed by atoms with Crippen molar-refractivity contribution in [1.29, 1.82) is 0 Å². The molecular formula is C19H28N2O2S. The van der Waals surface area contributed by atoms with E-state index in [2.05, 4.69) is 41.4 Å². The van der Waals surface area contributed by atoms with Crippen molar-refractivity contribution in [2.75, 3.05) is 25.0 Å². The number of carbonyl (C=O) groups is 1. The second kappa shape index (κ2) is 9.62. The lowest BCUT2D eigenvalue weighted by molar-refractivity contribution is -0.149. The molecule has 1 aromatic carbocycles. The van der Waals surface area contributed by atoms with E-state index >= 15 is 0 Å². The highest BCUT2D eigenvalue weighted by Gasteiger charge is 2.26. The third-order valence-electron chi connectivity index (χ3n) is 4.43. The van der Waals surface area contributed by atoms with Gasteiger partial charge in [-0.3, -0.25) is 4.79 Å². The molecule has 1 saturated heterocycles. The molecule has 0 spiro atoms. The lowest BCUT2D eigenvalue weighted by Gasteiger charge is -2.32. The summed E-state index contributed by atoms with van der Waals surface area (Å²) in [5, 5.41) is 4.04. The van der Waals surface area contributed by atoms with Crippen molar-refractivity contribution in [1.82, 2.24) is 4.90 Å². The summed E-state index contributed by atoms with van der Waals surface area (Å²) in [5.41, 5.74) is 2.39. The van der Waals surface area contributed by atoms with Gasteiger partial charge in [-0.15, -0.1) is 0 Å². The number of carbonyl (C=O) groups excluding carboxylic acids is 1. The molecule has 0 aromatic heterocycles. The van der Waals surface area contributed by atoms with Crippen LogP contribution in [0.4, 0.5) is 5.69 Å². The van der Waals surface area contributed by atoms with Crippen LogP contribution in [-0.2, 0) is 16.0 Å². The molecule has 1 aromatic rings. The lowest BCUT2D eigenvalue weighted by atomic mass is 9.97. The number of unbranched alkanes of at least 4 members (excludes halogenated alkanes) is 1. The quantitative estimate of drug-likeness (QED) is 0.622. The highest BCUT2D eigenvalue weighted by Crippen LogP contribution is 2.20. The second-order valence-electron chi connectivity index (χ2n) is 6.24. The predicted molar refractivity (Wildman–Crippen MR) is 102 cm³/mol. The highest BCUT2D eigenvalue weighted by atomic mass is 32.1. The van der Waals surface area contributed by atoms with Gasteiger partial charge >= 0.3 is 5.97 Å². The number of nitrogens with one attached hydrogen (secondary N) is 1. The van der Waals surface area contributed by atoms with E-state index < -0.39 is 0 Å². The molecule has 1 heterocycles. The fourth-order valence-corrected chi connectivity index (χ4v) is 3.22. The van der Waals surface area contributed by atoms with Gasteiger partial charge in [-0.1, -0.05) is 25.5 Å². The normalized spacial score (nSPS) is 15.2. The van der Waals surface area contributed by atoms with Gasteiger partial charge in [-0.05, 0) is 62.5 Å². The first-order chi connectivity index (χ1) is 11.6. The average molecular weight is 349 g/mol. The maximum atomic E-state index is 11.8. The molecule has 1 N–H and O–H groups in total. The molecule has 24 heavy (non-hydrogen) atoms. The number of hydrogen-bond donors (Lipinski definition) is 1. The maximum Gasteiger partial charge on any atom is 0.309 e. The summed E-state index contributed by atoms with van der Waals surface area (Å²) < 4.78 is 5.11. The van der Waals surface area contributed by atoms with Crippen molar-refractivity contribution in [3.05, 3.63) is 29.8 Å². The van der Waals surface area contributed by atoms with Crippen molar-refractivity contribution < 1.29 is 9.53 Å². The molecule has 0 bridgehead atoms.